The molecular weight excluding hydrogens is 289 g/mol. The molecule has 0 saturated carbocycles. The van der Waals surface area contributed by atoms with Gasteiger partial charge in [-0.3, -0.25) is 0 Å². The van der Waals surface area contributed by atoms with Gasteiger partial charge in [0.15, 0.2) is 0 Å². The zero-order chi connectivity index (χ0) is 15.7. The Labute approximate surface area is 126 Å². The van der Waals surface area contributed by atoms with Gasteiger partial charge in [0.05, 0.1) is 35.6 Å². The van der Waals surface area contributed by atoms with Gasteiger partial charge in [-0.05, 0) is 5.56 Å². The number of alkyl halides is 1. The van der Waals surface area contributed by atoms with Gasteiger partial charge in [0.25, 0.3) is 0 Å². The van der Waals surface area contributed by atoms with Crippen molar-refractivity contribution in [2.75, 3.05) is 20.4 Å². The number of hydrogen-bond acceptors (Lipinski definition) is 5. The maximum Gasteiger partial charge on any atom is 0.337 e. The van der Waals surface area contributed by atoms with Gasteiger partial charge in [0, 0.05) is 0 Å². The molecule has 0 spiro atoms. The van der Waals surface area contributed by atoms with Gasteiger partial charge in [0.1, 0.15) is 13.3 Å². The highest BCUT2D eigenvalue weighted by Crippen LogP contribution is 2.41. The minimum atomic E-state index is -0.862. The molecule has 1 unspecified atom stereocenters. The molecule has 5 nitrogen and oxygen atoms in total. The zero-order valence-corrected chi connectivity index (χ0v) is 11.9. The third-order valence-corrected chi connectivity index (χ3v) is 3.77. The van der Waals surface area contributed by atoms with Crippen LogP contribution in [0.5, 0.6) is 0 Å². The van der Waals surface area contributed by atoms with E-state index in [4.69, 9.17) is 9.47 Å². The Morgan fingerprint density at radius 3 is 2.77 bits per heavy atom. The van der Waals surface area contributed by atoms with E-state index in [0.29, 0.717) is 16.8 Å². The Kier molecular flexibility index (Phi) is 3.66. The van der Waals surface area contributed by atoms with Crippen LogP contribution in [0.4, 0.5) is 4.39 Å². The second kappa shape index (κ2) is 5.63. The Morgan fingerprint density at radius 1 is 1.41 bits per heavy atom. The number of benzene rings is 1. The second-order valence-corrected chi connectivity index (χ2v) is 4.95. The van der Waals surface area contributed by atoms with E-state index < -0.39 is 24.5 Å². The topological polar surface area (TPSA) is 64.6 Å². The highest BCUT2D eigenvalue weighted by atomic mass is 19.1. The normalized spacial score (nSPS) is 20.5. The molecule has 6 heteroatoms. The number of cyclic esters (lactones) is 1. The first-order chi connectivity index (χ1) is 10.7. The number of halogens is 1. The van der Waals surface area contributed by atoms with Crippen molar-refractivity contribution in [2.24, 2.45) is 0 Å². The van der Waals surface area contributed by atoms with Crippen molar-refractivity contribution in [3.05, 3.63) is 58.4 Å². The first-order valence-electron chi connectivity index (χ1n) is 6.76. The summed E-state index contributed by atoms with van der Waals surface area (Å²) in [6.45, 7) is -0.811. The predicted molar refractivity (Wildman–Crippen MR) is 75.3 cm³/mol. The molecule has 22 heavy (non-hydrogen) atoms. The van der Waals surface area contributed by atoms with Crippen LogP contribution in [0.2, 0.25) is 0 Å². The average Bonchev–Trinajstić information content (AvgIpc) is 2.94. The van der Waals surface area contributed by atoms with Crippen LogP contribution in [0.15, 0.2) is 52.9 Å². The van der Waals surface area contributed by atoms with E-state index in [0.717, 1.165) is 0 Å². The van der Waals surface area contributed by atoms with Crippen LogP contribution < -0.4 is 5.32 Å². The summed E-state index contributed by atoms with van der Waals surface area (Å²) in [6, 6.07) is 8.98. The number of dihydropyridines is 1. The fraction of sp³-hybridized carbons (Fsp3) is 0.250. The number of carbonyl (C=O) groups excluding carboxylic acids is 2. The van der Waals surface area contributed by atoms with Gasteiger partial charge in [0.2, 0.25) is 0 Å². The Balaban J connectivity index is 2.19. The number of rotatable bonds is 3. The zero-order valence-electron chi connectivity index (χ0n) is 11.9. The van der Waals surface area contributed by atoms with Crippen LogP contribution >= 0.6 is 0 Å². The maximum atomic E-state index is 13.4. The number of hydrogen-bond donors (Lipinski definition) is 1. The van der Waals surface area contributed by atoms with Crippen molar-refractivity contribution in [3.63, 3.8) is 0 Å². The molecule has 2 heterocycles. The van der Waals surface area contributed by atoms with Crippen molar-refractivity contribution in [1.82, 2.24) is 5.32 Å². The van der Waals surface area contributed by atoms with E-state index >= 15 is 0 Å². The molecule has 1 N–H and O–H groups in total. The molecule has 1 aromatic carbocycles. The smallest absolute Gasteiger partial charge is 0.337 e. The van der Waals surface area contributed by atoms with Crippen LogP contribution in [0.1, 0.15) is 11.5 Å². The summed E-state index contributed by atoms with van der Waals surface area (Å²) in [4.78, 5) is 24.2. The lowest BCUT2D eigenvalue weighted by Crippen LogP contribution is -2.31. The molecule has 0 bridgehead atoms. The summed E-state index contributed by atoms with van der Waals surface area (Å²) in [7, 11) is 1.23. The molecule has 1 aromatic rings. The second-order valence-electron chi connectivity index (χ2n) is 4.95. The molecule has 2 aliphatic heterocycles. The first kappa shape index (κ1) is 14.3. The Hall–Kier alpha value is -2.63. The average molecular weight is 303 g/mol. The van der Waals surface area contributed by atoms with Gasteiger partial charge in [-0.2, -0.15) is 0 Å². The van der Waals surface area contributed by atoms with Crippen molar-refractivity contribution in [1.29, 1.82) is 0 Å². The van der Waals surface area contributed by atoms with Crippen molar-refractivity contribution in [3.8, 4) is 0 Å². The molecule has 2 aliphatic rings. The van der Waals surface area contributed by atoms with E-state index in [2.05, 4.69) is 5.32 Å². The summed E-state index contributed by atoms with van der Waals surface area (Å²) in [6.07, 6.45) is 0. The quantitative estimate of drug-likeness (QED) is 0.859. The largest absolute Gasteiger partial charge is 0.466 e. The standard InChI is InChI=1S/C16H14FNO4/c1-21-15(19)13-10(7-17)18-11-8-22-16(20)14(11)12(13)9-5-3-2-4-6-9/h2-6,12,18H,7-8H2,1H3. The molecule has 0 aliphatic carbocycles. The van der Waals surface area contributed by atoms with Crippen LogP contribution in [0.3, 0.4) is 0 Å². The fourth-order valence-electron chi connectivity index (χ4n) is 2.82. The number of nitrogens with one attached hydrogen (secondary N) is 1. The van der Waals surface area contributed by atoms with E-state index in [-0.39, 0.29) is 17.9 Å². The third-order valence-electron chi connectivity index (χ3n) is 3.77. The lowest BCUT2D eigenvalue weighted by Gasteiger charge is -2.27. The molecule has 3 rings (SSSR count). The molecule has 0 radical (unpaired) electrons. The number of allylic oxidation sites excluding steroid dienone is 1. The minimum absolute atomic E-state index is 0.0510. The Bertz CT molecular complexity index is 693. The summed E-state index contributed by atoms with van der Waals surface area (Å²) in [5, 5.41) is 2.80. The lowest BCUT2D eigenvalue weighted by molar-refractivity contribution is -0.136. The minimum Gasteiger partial charge on any atom is -0.466 e. The third kappa shape index (κ3) is 2.16. The van der Waals surface area contributed by atoms with E-state index in [1.165, 1.54) is 7.11 Å². The number of ether oxygens (including phenoxy) is 2. The SMILES string of the molecule is COC(=O)C1=C(CF)NC2=C(C(=O)OC2)C1c1ccccc1. The number of esters is 2. The fourth-order valence-corrected chi connectivity index (χ4v) is 2.82. The van der Waals surface area contributed by atoms with Gasteiger partial charge < -0.3 is 14.8 Å². The summed E-state index contributed by atoms with van der Waals surface area (Å²) < 4.78 is 23.2. The van der Waals surface area contributed by atoms with Crippen LogP contribution in [-0.2, 0) is 19.1 Å². The maximum absolute atomic E-state index is 13.4. The van der Waals surface area contributed by atoms with E-state index in [9.17, 15) is 14.0 Å². The van der Waals surface area contributed by atoms with Crippen molar-refractivity contribution >= 4 is 11.9 Å². The van der Waals surface area contributed by atoms with Gasteiger partial charge in [-0.25, -0.2) is 14.0 Å². The van der Waals surface area contributed by atoms with E-state index in [1.807, 2.05) is 6.07 Å². The van der Waals surface area contributed by atoms with Crippen molar-refractivity contribution < 1.29 is 23.5 Å². The molecule has 0 amide bonds. The molecular formula is C16H14FNO4. The predicted octanol–water partition coefficient (Wildman–Crippen LogP) is 1.58. The van der Waals surface area contributed by atoms with Gasteiger partial charge in [-0.15, -0.1) is 0 Å². The summed E-state index contributed by atoms with van der Waals surface area (Å²) in [5.41, 5.74) is 1.76. The Morgan fingerprint density at radius 2 is 2.14 bits per heavy atom. The molecule has 1 atom stereocenters. The van der Waals surface area contributed by atoms with Crippen LogP contribution in [0, 0.1) is 0 Å². The van der Waals surface area contributed by atoms with Crippen LogP contribution in [0.25, 0.3) is 0 Å². The summed E-state index contributed by atoms with van der Waals surface area (Å²) >= 11 is 0. The summed E-state index contributed by atoms with van der Waals surface area (Å²) in [5.74, 6) is -1.86. The number of carbonyl (C=O) groups is 2. The van der Waals surface area contributed by atoms with E-state index in [1.54, 1.807) is 24.3 Å². The van der Waals surface area contributed by atoms with Crippen molar-refractivity contribution in [2.45, 2.75) is 5.92 Å². The first-order valence-corrected chi connectivity index (χ1v) is 6.76. The highest BCUT2D eigenvalue weighted by molar-refractivity contribution is 6.01. The molecule has 0 saturated heterocycles. The van der Waals surface area contributed by atoms with Gasteiger partial charge in [-0.1, -0.05) is 30.3 Å². The highest BCUT2D eigenvalue weighted by Gasteiger charge is 2.42. The van der Waals surface area contributed by atoms with Crippen LogP contribution in [-0.4, -0.2) is 32.3 Å². The molecule has 114 valence electrons. The molecule has 0 aromatic heterocycles. The monoisotopic (exact) mass is 303 g/mol. The van der Waals surface area contributed by atoms with Gasteiger partial charge >= 0.3 is 11.9 Å². The lowest BCUT2D eigenvalue weighted by atomic mass is 9.81. The molecule has 0 fully saturated rings. The number of methoxy groups -OCH3 is 1.